The average Bonchev–Trinajstić information content (AvgIpc) is 2.62. The standard InChI is InChI=1S/C19H23IN2O3/c1-4-24-18-11-14(10-16(20)19(18)25-5-2)12-21-22-13-15-8-6-7-9-17(15)23-3/h6-12,22H,4-5,13H2,1-3H3/b21-12+. The number of hydrazone groups is 1. The molecule has 0 aliphatic rings. The zero-order valence-corrected chi connectivity index (χ0v) is 16.9. The number of methoxy groups -OCH3 is 1. The van der Waals surface area contributed by atoms with Crippen LogP contribution in [-0.2, 0) is 6.54 Å². The fraction of sp³-hybridized carbons (Fsp3) is 0.316. The maximum Gasteiger partial charge on any atom is 0.174 e. The fourth-order valence-corrected chi connectivity index (χ4v) is 3.09. The highest BCUT2D eigenvalue weighted by Gasteiger charge is 2.11. The molecule has 0 saturated carbocycles. The van der Waals surface area contributed by atoms with Gasteiger partial charge in [-0.3, -0.25) is 0 Å². The first kappa shape index (κ1) is 19.4. The lowest BCUT2D eigenvalue weighted by atomic mass is 10.2. The van der Waals surface area contributed by atoms with Gasteiger partial charge in [-0.05, 0) is 60.2 Å². The smallest absolute Gasteiger partial charge is 0.174 e. The molecule has 0 spiro atoms. The van der Waals surface area contributed by atoms with Crippen LogP contribution in [0.15, 0.2) is 41.5 Å². The van der Waals surface area contributed by atoms with Crippen molar-refractivity contribution >= 4 is 28.8 Å². The second-order valence-corrected chi connectivity index (χ2v) is 6.26. The first-order valence-corrected chi connectivity index (χ1v) is 9.24. The van der Waals surface area contributed by atoms with Gasteiger partial charge >= 0.3 is 0 Å². The molecule has 2 aromatic carbocycles. The van der Waals surface area contributed by atoms with Crippen molar-refractivity contribution in [1.82, 2.24) is 5.43 Å². The summed E-state index contributed by atoms with van der Waals surface area (Å²) in [5, 5.41) is 4.30. The quantitative estimate of drug-likeness (QED) is 0.350. The van der Waals surface area contributed by atoms with Gasteiger partial charge in [-0.2, -0.15) is 5.10 Å². The number of rotatable bonds is 9. The van der Waals surface area contributed by atoms with Gasteiger partial charge in [0.1, 0.15) is 5.75 Å². The lowest BCUT2D eigenvalue weighted by molar-refractivity contribution is 0.286. The van der Waals surface area contributed by atoms with Crippen LogP contribution in [0.25, 0.3) is 0 Å². The summed E-state index contributed by atoms with van der Waals surface area (Å²) in [7, 11) is 1.67. The SMILES string of the molecule is CCOc1cc(/C=N/NCc2ccccc2OC)cc(I)c1OCC. The van der Waals surface area contributed by atoms with Crippen LogP contribution < -0.4 is 19.6 Å². The van der Waals surface area contributed by atoms with Crippen molar-refractivity contribution in [2.45, 2.75) is 20.4 Å². The number of ether oxygens (including phenoxy) is 3. The number of halogens is 1. The van der Waals surface area contributed by atoms with Crippen LogP contribution in [0, 0.1) is 3.57 Å². The Morgan fingerprint density at radius 1 is 1.08 bits per heavy atom. The lowest BCUT2D eigenvalue weighted by Gasteiger charge is -2.13. The Kier molecular flexibility index (Phi) is 7.84. The molecule has 0 aromatic heterocycles. The van der Waals surface area contributed by atoms with Crippen molar-refractivity contribution in [2.75, 3.05) is 20.3 Å². The molecule has 0 bridgehead atoms. The number of hydrogen-bond donors (Lipinski definition) is 1. The summed E-state index contributed by atoms with van der Waals surface area (Å²) >= 11 is 2.25. The van der Waals surface area contributed by atoms with Gasteiger partial charge in [0.2, 0.25) is 0 Å². The summed E-state index contributed by atoms with van der Waals surface area (Å²) in [5.74, 6) is 2.37. The summed E-state index contributed by atoms with van der Waals surface area (Å²) in [6, 6.07) is 11.8. The van der Waals surface area contributed by atoms with E-state index in [-0.39, 0.29) is 0 Å². The third-order valence-corrected chi connectivity index (χ3v) is 4.19. The van der Waals surface area contributed by atoms with Gasteiger partial charge in [0, 0.05) is 5.56 Å². The minimum atomic E-state index is 0.586. The Morgan fingerprint density at radius 2 is 1.84 bits per heavy atom. The van der Waals surface area contributed by atoms with E-state index in [1.54, 1.807) is 13.3 Å². The predicted octanol–water partition coefficient (Wildman–Crippen LogP) is 4.22. The largest absolute Gasteiger partial charge is 0.496 e. The highest BCUT2D eigenvalue weighted by Crippen LogP contribution is 2.33. The first-order valence-electron chi connectivity index (χ1n) is 8.16. The molecule has 0 unspecified atom stereocenters. The van der Waals surface area contributed by atoms with Gasteiger partial charge < -0.3 is 19.6 Å². The first-order chi connectivity index (χ1) is 12.2. The molecule has 1 N–H and O–H groups in total. The Labute approximate surface area is 162 Å². The Morgan fingerprint density at radius 3 is 2.56 bits per heavy atom. The number of hydrogen-bond acceptors (Lipinski definition) is 5. The Balaban J connectivity index is 2.07. The van der Waals surface area contributed by atoms with E-state index in [0.29, 0.717) is 19.8 Å². The van der Waals surface area contributed by atoms with Gasteiger partial charge in [0.25, 0.3) is 0 Å². The van der Waals surface area contributed by atoms with Gasteiger partial charge in [0.15, 0.2) is 11.5 Å². The topological polar surface area (TPSA) is 52.1 Å². The monoisotopic (exact) mass is 454 g/mol. The lowest BCUT2D eigenvalue weighted by Crippen LogP contribution is -2.07. The van der Waals surface area contributed by atoms with Crippen LogP contribution >= 0.6 is 22.6 Å². The maximum absolute atomic E-state index is 5.69. The normalized spacial score (nSPS) is 10.7. The van der Waals surface area contributed by atoms with Crippen molar-refractivity contribution in [3.05, 3.63) is 51.1 Å². The van der Waals surface area contributed by atoms with Crippen LogP contribution in [0.2, 0.25) is 0 Å². The van der Waals surface area contributed by atoms with Crippen molar-refractivity contribution in [2.24, 2.45) is 5.10 Å². The molecular weight excluding hydrogens is 431 g/mol. The molecule has 0 amide bonds. The van der Waals surface area contributed by atoms with Crippen LogP contribution in [0.4, 0.5) is 0 Å². The van der Waals surface area contributed by atoms with Gasteiger partial charge in [0.05, 0.1) is 36.7 Å². The fourth-order valence-electron chi connectivity index (χ4n) is 2.31. The zero-order valence-electron chi connectivity index (χ0n) is 14.7. The Bertz CT molecular complexity index is 720. The third-order valence-electron chi connectivity index (χ3n) is 3.39. The molecule has 134 valence electrons. The molecular formula is C19H23IN2O3. The molecule has 2 rings (SSSR count). The molecule has 0 heterocycles. The Hall–Kier alpha value is -1.96. The van der Waals surface area contributed by atoms with E-state index >= 15 is 0 Å². The van der Waals surface area contributed by atoms with Crippen LogP contribution in [0.5, 0.6) is 17.2 Å². The summed E-state index contributed by atoms with van der Waals surface area (Å²) in [6.45, 7) is 5.70. The molecule has 0 aliphatic carbocycles. The summed E-state index contributed by atoms with van der Waals surface area (Å²) in [5.41, 5.74) is 5.05. The molecule has 25 heavy (non-hydrogen) atoms. The number of para-hydroxylation sites is 1. The van der Waals surface area contributed by atoms with Crippen LogP contribution in [-0.4, -0.2) is 26.5 Å². The zero-order chi connectivity index (χ0) is 18.1. The van der Waals surface area contributed by atoms with E-state index in [0.717, 1.165) is 31.9 Å². The molecule has 0 aliphatic heterocycles. The molecule has 5 nitrogen and oxygen atoms in total. The van der Waals surface area contributed by atoms with E-state index in [1.807, 2.05) is 50.2 Å². The number of nitrogens with one attached hydrogen (secondary N) is 1. The second kappa shape index (κ2) is 10.1. The van der Waals surface area contributed by atoms with Crippen LogP contribution in [0.3, 0.4) is 0 Å². The van der Waals surface area contributed by atoms with E-state index in [9.17, 15) is 0 Å². The minimum absolute atomic E-state index is 0.586. The highest BCUT2D eigenvalue weighted by molar-refractivity contribution is 14.1. The second-order valence-electron chi connectivity index (χ2n) is 5.10. The van der Waals surface area contributed by atoms with E-state index < -0.39 is 0 Å². The predicted molar refractivity (Wildman–Crippen MR) is 109 cm³/mol. The minimum Gasteiger partial charge on any atom is -0.496 e. The molecule has 0 atom stereocenters. The molecule has 2 aromatic rings. The molecule has 6 heteroatoms. The van der Waals surface area contributed by atoms with Crippen molar-refractivity contribution in [3.63, 3.8) is 0 Å². The maximum atomic E-state index is 5.69. The van der Waals surface area contributed by atoms with Gasteiger partial charge in [-0.25, -0.2) is 0 Å². The molecule has 0 fully saturated rings. The molecule has 0 radical (unpaired) electrons. The van der Waals surface area contributed by atoms with E-state index in [4.69, 9.17) is 14.2 Å². The van der Waals surface area contributed by atoms with Crippen molar-refractivity contribution < 1.29 is 14.2 Å². The van der Waals surface area contributed by atoms with Gasteiger partial charge in [-0.15, -0.1) is 0 Å². The summed E-state index contributed by atoms with van der Waals surface area (Å²) in [4.78, 5) is 0. The van der Waals surface area contributed by atoms with Crippen LogP contribution in [0.1, 0.15) is 25.0 Å². The number of nitrogens with zero attached hydrogens (tertiary/aromatic N) is 1. The summed E-state index contributed by atoms with van der Waals surface area (Å²) in [6.07, 6.45) is 1.77. The summed E-state index contributed by atoms with van der Waals surface area (Å²) < 4.78 is 17.7. The highest BCUT2D eigenvalue weighted by atomic mass is 127. The van der Waals surface area contributed by atoms with Crippen molar-refractivity contribution in [1.29, 1.82) is 0 Å². The average molecular weight is 454 g/mol. The van der Waals surface area contributed by atoms with E-state index in [2.05, 4.69) is 33.1 Å². The third kappa shape index (κ3) is 5.52. The van der Waals surface area contributed by atoms with E-state index in [1.165, 1.54) is 0 Å². The van der Waals surface area contributed by atoms with Crippen molar-refractivity contribution in [3.8, 4) is 17.2 Å². The van der Waals surface area contributed by atoms with Gasteiger partial charge in [-0.1, -0.05) is 18.2 Å². The number of benzene rings is 2. The molecule has 0 saturated heterocycles.